The van der Waals surface area contributed by atoms with Crippen LogP contribution in [-0.4, -0.2) is 37.0 Å². The zero-order valence-corrected chi connectivity index (χ0v) is 7.55. The van der Waals surface area contributed by atoms with Crippen molar-refractivity contribution >= 4 is 5.91 Å². The maximum Gasteiger partial charge on any atom is 0.224 e. The standard InChI is InChI=1S/C9H16N2O/c1-2-11-4-3-7-5-10-9(12)8(7)6-11/h7-8H,2-6H2,1H3,(H,10,12)/t7-,8-/m0/s1. The Labute approximate surface area is 73.1 Å². The summed E-state index contributed by atoms with van der Waals surface area (Å²) < 4.78 is 0. The smallest absolute Gasteiger partial charge is 0.224 e. The molecule has 2 rings (SSSR count). The molecule has 1 amide bonds. The molecule has 3 nitrogen and oxygen atoms in total. The van der Waals surface area contributed by atoms with Gasteiger partial charge in [0.05, 0.1) is 5.92 Å². The van der Waals surface area contributed by atoms with Gasteiger partial charge in [-0.2, -0.15) is 0 Å². The van der Waals surface area contributed by atoms with Crippen molar-refractivity contribution in [1.29, 1.82) is 0 Å². The maximum atomic E-state index is 11.3. The quantitative estimate of drug-likeness (QED) is 0.601. The van der Waals surface area contributed by atoms with Crippen molar-refractivity contribution < 1.29 is 4.79 Å². The van der Waals surface area contributed by atoms with Crippen LogP contribution in [0.1, 0.15) is 13.3 Å². The van der Waals surface area contributed by atoms with Crippen LogP contribution in [0.4, 0.5) is 0 Å². The number of likely N-dealkylation sites (tertiary alicyclic amines) is 1. The van der Waals surface area contributed by atoms with Crippen molar-refractivity contribution in [3.8, 4) is 0 Å². The van der Waals surface area contributed by atoms with Crippen molar-refractivity contribution in [2.45, 2.75) is 13.3 Å². The molecule has 2 heterocycles. The van der Waals surface area contributed by atoms with E-state index in [0.29, 0.717) is 11.8 Å². The van der Waals surface area contributed by atoms with Gasteiger partial charge >= 0.3 is 0 Å². The van der Waals surface area contributed by atoms with Gasteiger partial charge in [0.25, 0.3) is 0 Å². The van der Waals surface area contributed by atoms with Gasteiger partial charge in [0, 0.05) is 13.1 Å². The summed E-state index contributed by atoms with van der Waals surface area (Å²) in [7, 11) is 0. The lowest BCUT2D eigenvalue weighted by atomic mass is 9.88. The Hall–Kier alpha value is -0.570. The summed E-state index contributed by atoms with van der Waals surface area (Å²) in [6.45, 7) is 6.31. The summed E-state index contributed by atoms with van der Waals surface area (Å²) in [6.07, 6.45) is 1.19. The van der Waals surface area contributed by atoms with Gasteiger partial charge in [-0.1, -0.05) is 6.92 Å². The van der Waals surface area contributed by atoms with E-state index in [1.807, 2.05) is 0 Å². The first-order chi connectivity index (χ1) is 5.81. The third-order valence-corrected chi connectivity index (χ3v) is 3.16. The molecule has 12 heavy (non-hydrogen) atoms. The van der Waals surface area contributed by atoms with Gasteiger partial charge in [-0.3, -0.25) is 4.79 Å². The summed E-state index contributed by atoms with van der Waals surface area (Å²) >= 11 is 0. The van der Waals surface area contributed by atoms with E-state index in [4.69, 9.17) is 0 Å². The molecule has 0 saturated carbocycles. The minimum atomic E-state index is 0.276. The second kappa shape index (κ2) is 3.05. The number of piperidine rings is 1. The summed E-state index contributed by atoms with van der Waals surface area (Å²) in [5.74, 6) is 1.19. The molecular formula is C9H16N2O. The Balaban J connectivity index is 2.01. The number of hydrogen-bond acceptors (Lipinski definition) is 2. The van der Waals surface area contributed by atoms with E-state index in [1.54, 1.807) is 0 Å². The summed E-state index contributed by atoms with van der Waals surface area (Å²) in [4.78, 5) is 13.7. The van der Waals surface area contributed by atoms with E-state index >= 15 is 0 Å². The number of carbonyl (C=O) groups excluding carboxylic acids is 1. The first kappa shape index (κ1) is 8.05. The van der Waals surface area contributed by atoms with Crippen LogP contribution in [0, 0.1) is 11.8 Å². The van der Waals surface area contributed by atoms with Crippen molar-refractivity contribution in [2.24, 2.45) is 11.8 Å². The summed E-state index contributed by atoms with van der Waals surface area (Å²) in [5.41, 5.74) is 0. The predicted octanol–water partition coefficient (Wildman–Crippen LogP) is 0.0742. The van der Waals surface area contributed by atoms with Crippen LogP contribution in [0.3, 0.4) is 0 Å². The molecule has 1 N–H and O–H groups in total. The maximum absolute atomic E-state index is 11.3. The van der Waals surface area contributed by atoms with E-state index in [-0.39, 0.29) is 5.91 Å². The van der Waals surface area contributed by atoms with Gasteiger partial charge in [-0.05, 0) is 25.4 Å². The van der Waals surface area contributed by atoms with Gasteiger partial charge in [0.1, 0.15) is 0 Å². The number of nitrogens with one attached hydrogen (secondary N) is 1. The van der Waals surface area contributed by atoms with Crippen molar-refractivity contribution in [3.05, 3.63) is 0 Å². The lowest BCUT2D eigenvalue weighted by Gasteiger charge is -2.32. The SMILES string of the molecule is CCN1CC[C@H]2CNC(=O)[C@H]2C1. The van der Waals surface area contributed by atoms with Crippen LogP contribution >= 0.6 is 0 Å². The molecule has 0 aliphatic carbocycles. The highest BCUT2D eigenvalue weighted by Gasteiger charge is 2.38. The fraction of sp³-hybridized carbons (Fsp3) is 0.889. The zero-order chi connectivity index (χ0) is 8.55. The molecule has 2 saturated heterocycles. The van der Waals surface area contributed by atoms with Crippen LogP contribution in [0.15, 0.2) is 0 Å². The number of amides is 1. The third-order valence-electron chi connectivity index (χ3n) is 3.16. The molecule has 0 aromatic rings. The molecular weight excluding hydrogens is 152 g/mol. The minimum Gasteiger partial charge on any atom is -0.356 e. The summed E-state index contributed by atoms with van der Waals surface area (Å²) in [5, 5.41) is 2.94. The average molecular weight is 168 g/mol. The van der Waals surface area contributed by atoms with E-state index < -0.39 is 0 Å². The molecule has 3 heteroatoms. The lowest BCUT2D eigenvalue weighted by Crippen LogP contribution is -2.41. The molecule has 0 aromatic heterocycles. The number of rotatable bonds is 1. The van der Waals surface area contributed by atoms with E-state index in [9.17, 15) is 4.79 Å². The largest absolute Gasteiger partial charge is 0.356 e. The van der Waals surface area contributed by atoms with Crippen LogP contribution in [0.5, 0.6) is 0 Å². The minimum absolute atomic E-state index is 0.276. The van der Waals surface area contributed by atoms with Crippen molar-refractivity contribution in [1.82, 2.24) is 10.2 Å². The van der Waals surface area contributed by atoms with Crippen molar-refractivity contribution in [2.75, 3.05) is 26.2 Å². The molecule has 2 aliphatic rings. The Morgan fingerprint density at radius 1 is 1.67 bits per heavy atom. The highest BCUT2D eigenvalue weighted by molar-refractivity contribution is 5.81. The fourth-order valence-corrected chi connectivity index (χ4v) is 2.26. The topological polar surface area (TPSA) is 32.3 Å². The average Bonchev–Trinajstić information content (AvgIpc) is 2.47. The molecule has 2 atom stereocenters. The summed E-state index contributed by atoms with van der Waals surface area (Å²) in [6, 6.07) is 0. The molecule has 0 bridgehead atoms. The monoisotopic (exact) mass is 168 g/mol. The Kier molecular flexibility index (Phi) is 2.05. The Bertz CT molecular complexity index is 193. The van der Waals surface area contributed by atoms with E-state index in [0.717, 1.165) is 19.6 Å². The van der Waals surface area contributed by atoms with Crippen LogP contribution in [-0.2, 0) is 4.79 Å². The molecule has 2 aliphatic heterocycles. The number of nitrogens with zero attached hydrogens (tertiary/aromatic N) is 1. The lowest BCUT2D eigenvalue weighted by molar-refractivity contribution is -0.124. The van der Waals surface area contributed by atoms with Crippen LogP contribution in [0.25, 0.3) is 0 Å². The highest BCUT2D eigenvalue weighted by Crippen LogP contribution is 2.26. The molecule has 0 radical (unpaired) electrons. The normalized spacial score (nSPS) is 36.2. The number of hydrogen-bond donors (Lipinski definition) is 1. The van der Waals surface area contributed by atoms with Crippen LogP contribution < -0.4 is 5.32 Å². The Morgan fingerprint density at radius 2 is 2.50 bits per heavy atom. The first-order valence-electron chi connectivity index (χ1n) is 4.81. The van der Waals surface area contributed by atoms with Crippen LogP contribution in [0.2, 0.25) is 0 Å². The first-order valence-corrected chi connectivity index (χ1v) is 4.81. The molecule has 0 aromatic carbocycles. The van der Waals surface area contributed by atoms with Gasteiger partial charge in [0.15, 0.2) is 0 Å². The number of carbonyl (C=O) groups is 1. The molecule has 0 spiro atoms. The zero-order valence-electron chi connectivity index (χ0n) is 7.55. The number of fused-ring (bicyclic) bond motifs is 1. The van der Waals surface area contributed by atoms with Gasteiger partial charge in [0.2, 0.25) is 5.91 Å². The molecule has 68 valence electrons. The predicted molar refractivity (Wildman–Crippen MR) is 46.7 cm³/mol. The Morgan fingerprint density at radius 3 is 3.25 bits per heavy atom. The third kappa shape index (κ3) is 1.22. The van der Waals surface area contributed by atoms with Crippen molar-refractivity contribution in [3.63, 3.8) is 0 Å². The van der Waals surface area contributed by atoms with Gasteiger partial charge in [-0.25, -0.2) is 0 Å². The molecule has 0 unspecified atom stereocenters. The molecule has 2 fully saturated rings. The second-order valence-corrected chi connectivity index (χ2v) is 3.79. The van der Waals surface area contributed by atoms with Gasteiger partial charge < -0.3 is 10.2 Å². The highest BCUT2D eigenvalue weighted by atomic mass is 16.2. The van der Waals surface area contributed by atoms with E-state index in [1.165, 1.54) is 13.0 Å². The van der Waals surface area contributed by atoms with Gasteiger partial charge in [-0.15, -0.1) is 0 Å². The second-order valence-electron chi connectivity index (χ2n) is 3.79. The van der Waals surface area contributed by atoms with E-state index in [2.05, 4.69) is 17.1 Å². The fourth-order valence-electron chi connectivity index (χ4n) is 2.26.